The highest BCUT2D eigenvalue weighted by Crippen LogP contribution is 2.30. The zero-order chi connectivity index (χ0) is 21.2. The maximum absolute atomic E-state index is 12.8. The molecule has 0 saturated carbocycles. The van der Waals surface area contributed by atoms with E-state index < -0.39 is 5.76 Å². The van der Waals surface area contributed by atoms with E-state index in [2.05, 4.69) is 28.5 Å². The van der Waals surface area contributed by atoms with Crippen molar-refractivity contribution < 1.29 is 9.21 Å². The van der Waals surface area contributed by atoms with Gasteiger partial charge in [-0.2, -0.15) is 0 Å². The van der Waals surface area contributed by atoms with E-state index >= 15 is 0 Å². The third-order valence-corrected chi connectivity index (χ3v) is 5.58. The molecule has 1 unspecified atom stereocenters. The number of rotatable bonds is 6. The first-order valence-electron chi connectivity index (χ1n) is 10.2. The summed E-state index contributed by atoms with van der Waals surface area (Å²) in [7, 11) is 0. The van der Waals surface area contributed by atoms with Crippen molar-refractivity contribution in [2.75, 3.05) is 6.54 Å². The summed E-state index contributed by atoms with van der Waals surface area (Å²) in [4.78, 5) is 28.3. The molecule has 31 heavy (non-hydrogen) atoms. The summed E-state index contributed by atoms with van der Waals surface area (Å²) >= 11 is 0. The molecule has 2 aromatic heterocycles. The quantitative estimate of drug-likeness (QED) is 0.443. The molecule has 154 valence electrons. The first-order chi connectivity index (χ1) is 15.2. The van der Waals surface area contributed by atoms with Crippen molar-refractivity contribution in [1.82, 2.24) is 14.9 Å². The Kier molecular flexibility index (Phi) is 4.88. The summed E-state index contributed by atoms with van der Waals surface area (Å²) in [5, 5.41) is 4.14. The molecule has 0 aliphatic carbocycles. The van der Waals surface area contributed by atoms with E-state index in [1.54, 1.807) is 18.2 Å². The normalized spacial score (nSPS) is 12.3. The molecule has 5 aromatic rings. The first kappa shape index (κ1) is 18.9. The molecule has 5 rings (SSSR count). The van der Waals surface area contributed by atoms with Crippen molar-refractivity contribution >= 4 is 27.9 Å². The SMILES string of the molecule is O=C(Cn1c(=O)oc2ccccc21)NCC(c1ccccc1)c1c[nH]c2ccccc12. The Labute approximate surface area is 178 Å². The van der Waals surface area contributed by atoms with Gasteiger partial charge in [0.15, 0.2) is 5.58 Å². The van der Waals surface area contributed by atoms with Crippen molar-refractivity contribution in [1.29, 1.82) is 0 Å². The number of oxazole rings is 1. The van der Waals surface area contributed by atoms with Gasteiger partial charge in [-0.15, -0.1) is 0 Å². The van der Waals surface area contributed by atoms with Gasteiger partial charge >= 0.3 is 5.76 Å². The van der Waals surface area contributed by atoms with Crippen LogP contribution in [-0.4, -0.2) is 22.0 Å². The van der Waals surface area contributed by atoms with Crippen molar-refractivity contribution in [3.05, 3.63) is 107 Å². The van der Waals surface area contributed by atoms with Gasteiger partial charge in [0.2, 0.25) is 5.91 Å². The molecule has 1 atom stereocenters. The predicted octanol–water partition coefficient (Wildman–Crippen LogP) is 4.02. The number of hydrogen-bond acceptors (Lipinski definition) is 3. The van der Waals surface area contributed by atoms with E-state index in [-0.39, 0.29) is 18.4 Å². The highest BCUT2D eigenvalue weighted by atomic mass is 16.4. The molecule has 0 spiro atoms. The minimum Gasteiger partial charge on any atom is -0.408 e. The number of hydrogen-bond donors (Lipinski definition) is 2. The molecule has 0 saturated heterocycles. The van der Waals surface area contributed by atoms with Crippen LogP contribution >= 0.6 is 0 Å². The Morgan fingerprint density at radius 3 is 2.58 bits per heavy atom. The van der Waals surface area contributed by atoms with Gasteiger partial charge in [-0.3, -0.25) is 9.36 Å². The number of aromatic amines is 1. The minimum absolute atomic E-state index is 0.0286. The number of amides is 1. The average Bonchev–Trinajstić information content (AvgIpc) is 3.36. The summed E-state index contributed by atoms with van der Waals surface area (Å²) in [5.41, 5.74) is 4.37. The van der Waals surface area contributed by atoms with Crippen LogP contribution in [0.1, 0.15) is 17.0 Å². The highest BCUT2D eigenvalue weighted by Gasteiger charge is 2.20. The first-order valence-corrected chi connectivity index (χ1v) is 10.2. The maximum atomic E-state index is 12.8. The highest BCUT2D eigenvalue weighted by molar-refractivity contribution is 5.84. The van der Waals surface area contributed by atoms with Gasteiger partial charge in [0.05, 0.1) is 5.52 Å². The van der Waals surface area contributed by atoms with Crippen LogP contribution in [0.5, 0.6) is 0 Å². The van der Waals surface area contributed by atoms with Gasteiger partial charge in [-0.25, -0.2) is 4.79 Å². The zero-order valence-corrected chi connectivity index (χ0v) is 16.7. The lowest BCUT2D eigenvalue weighted by Crippen LogP contribution is -2.33. The average molecular weight is 411 g/mol. The molecule has 2 N–H and O–H groups in total. The lowest BCUT2D eigenvalue weighted by Gasteiger charge is -2.18. The molecule has 0 fully saturated rings. The maximum Gasteiger partial charge on any atom is 0.420 e. The van der Waals surface area contributed by atoms with Crippen molar-refractivity contribution in [2.24, 2.45) is 0 Å². The van der Waals surface area contributed by atoms with Gasteiger partial charge in [0.25, 0.3) is 0 Å². The summed E-state index contributed by atoms with van der Waals surface area (Å²) in [5.74, 6) is -0.805. The number of carbonyl (C=O) groups is 1. The monoisotopic (exact) mass is 411 g/mol. The van der Waals surface area contributed by atoms with E-state index in [9.17, 15) is 9.59 Å². The molecular formula is C25H21N3O3. The molecule has 0 aliphatic heterocycles. The number of benzene rings is 3. The van der Waals surface area contributed by atoms with Crippen LogP contribution in [0.15, 0.2) is 94.3 Å². The van der Waals surface area contributed by atoms with E-state index in [4.69, 9.17) is 4.42 Å². The molecule has 0 bridgehead atoms. The second kappa shape index (κ2) is 7.99. The van der Waals surface area contributed by atoms with Crippen LogP contribution < -0.4 is 11.1 Å². The Morgan fingerprint density at radius 2 is 1.71 bits per heavy atom. The van der Waals surface area contributed by atoms with Gasteiger partial charge in [-0.05, 0) is 29.3 Å². The fourth-order valence-electron chi connectivity index (χ4n) is 4.05. The number of nitrogens with zero attached hydrogens (tertiary/aromatic N) is 1. The minimum atomic E-state index is -0.535. The number of fused-ring (bicyclic) bond motifs is 2. The largest absolute Gasteiger partial charge is 0.420 e. The summed E-state index contributed by atoms with van der Waals surface area (Å²) in [6.45, 7) is 0.320. The van der Waals surface area contributed by atoms with Gasteiger partial charge in [-0.1, -0.05) is 60.7 Å². The van der Waals surface area contributed by atoms with Crippen molar-refractivity contribution in [3.8, 4) is 0 Å². The van der Waals surface area contributed by atoms with Crippen LogP contribution in [0.4, 0.5) is 0 Å². The summed E-state index contributed by atoms with van der Waals surface area (Å²) < 4.78 is 6.58. The predicted molar refractivity (Wildman–Crippen MR) is 120 cm³/mol. The summed E-state index contributed by atoms with van der Waals surface area (Å²) in [6.07, 6.45) is 2.00. The van der Waals surface area contributed by atoms with E-state index in [0.29, 0.717) is 17.6 Å². The van der Waals surface area contributed by atoms with Crippen LogP contribution in [0.25, 0.3) is 22.0 Å². The second-order valence-electron chi connectivity index (χ2n) is 7.48. The molecule has 3 aromatic carbocycles. The molecule has 0 aliphatic rings. The smallest absolute Gasteiger partial charge is 0.408 e. The fraction of sp³-hybridized carbons (Fsp3) is 0.120. The lowest BCUT2D eigenvalue weighted by atomic mass is 9.91. The molecule has 6 nitrogen and oxygen atoms in total. The standard InChI is InChI=1S/C25H21N3O3/c29-24(16-28-22-12-6-7-13-23(22)31-25(28)30)27-14-19(17-8-2-1-3-9-17)20-15-26-21-11-5-4-10-18(20)21/h1-13,15,19,26H,14,16H2,(H,27,29). The van der Waals surface area contributed by atoms with Gasteiger partial charge < -0.3 is 14.7 Å². The van der Waals surface area contributed by atoms with Gasteiger partial charge in [0, 0.05) is 29.6 Å². The molecule has 2 heterocycles. The third-order valence-electron chi connectivity index (χ3n) is 5.58. The van der Waals surface area contributed by atoms with E-state index in [1.807, 2.05) is 48.7 Å². The Morgan fingerprint density at radius 1 is 0.968 bits per heavy atom. The van der Waals surface area contributed by atoms with E-state index in [1.165, 1.54) is 4.57 Å². The van der Waals surface area contributed by atoms with Crippen LogP contribution in [0, 0.1) is 0 Å². The van der Waals surface area contributed by atoms with Crippen molar-refractivity contribution in [2.45, 2.75) is 12.5 Å². The molecule has 1 amide bonds. The number of aromatic nitrogens is 2. The number of H-pyrrole nitrogens is 1. The lowest BCUT2D eigenvalue weighted by molar-refractivity contribution is -0.121. The van der Waals surface area contributed by atoms with Crippen LogP contribution in [0.3, 0.4) is 0 Å². The van der Waals surface area contributed by atoms with E-state index in [0.717, 1.165) is 22.0 Å². The molecule has 0 radical (unpaired) electrons. The zero-order valence-electron chi connectivity index (χ0n) is 16.7. The van der Waals surface area contributed by atoms with Crippen molar-refractivity contribution in [3.63, 3.8) is 0 Å². The number of carbonyl (C=O) groups excluding carboxylic acids is 1. The fourth-order valence-corrected chi connectivity index (χ4v) is 4.05. The van der Waals surface area contributed by atoms with Gasteiger partial charge in [0.1, 0.15) is 6.54 Å². The second-order valence-corrected chi connectivity index (χ2v) is 7.48. The summed E-state index contributed by atoms with van der Waals surface area (Å²) in [6, 6.07) is 25.3. The Bertz CT molecular complexity index is 1410. The molecule has 6 heteroatoms. The number of para-hydroxylation sites is 3. The third kappa shape index (κ3) is 3.64. The molecular weight excluding hydrogens is 390 g/mol. The topological polar surface area (TPSA) is 80.0 Å². The number of nitrogens with one attached hydrogen (secondary N) is 2. The van der Waals surface area contributed by atoms with Crippen LogP contribution in [-0.2, 0) is 11.3 Å². The Hall–Kier alpha value is -4.06. The van der Waals surface area contributed by atoms with Crippen LogP contribution in [0.2, 0.25) is 0 Å². The Balaban J connectivity index is 1.40.